The zero-order chi connectivity index (χ0) is 22.0. The number of thiophene rings is 1. The summed E-state index contributed by atoms with van der Waals surface area (Å²) in [7, 11) is -3.19. The van der Waals surface area contributed by atoms with Crippen LogP contribution in [0.2, 0.25) is 0 Å². The molecule has 0 bridgehead atoms. The topological polar surface area (TPSA) is 94.5 Å². The van der Waals surface area contributed by atoms with Crippen LogP contribution in [0.3, 0.4) is 0 Å². The number of rotatable bonds is 6. The number of hydrogen-bond acceptors (Lipinski definition) is 6. The molecule has 0 fully saturated rings. The standard InChI is InChI=1S/C22H22N2O5S2/c1-2-29-22(26)20-17-9-12-31(27,28)14-18(17)30-21(20)23-19(25)13-15-5-7-16(8-6-15)24-10-3-4-11-24/h3-8,10-11H,2,9,12-14H2,1H3,(H,23,25). The minimum Gasteiger partial charge on any atom is -0.462 e. The molecule has 0 saturated carbocycles. The molecule has 0 spiro atoms. The van der Waals surface area contributed by atoms with Crippen LogP contribution in [-0.2, 0) is 38.0 Å². The fraction of sp³-hybridized carbons (Fsp3) is 0.273. The Morgan fingerprint density at radius 3 is 2.55 bits per heavy atom. The average molecular weight is 459 g/mol. The SMILES string of the molecule is CCOC(=O)c1c(NC(=O)Cc2ccc(-n3cccc3)cc2)sc2c1CCS(=O)(=O)C2. The lowest BCUT2D eigenvalue weighted by Crippen LogP contribution is -2.20. The molecule has 0 radical (unpaired) electrons. The van der Waals surface area contributed by atoms with E-state index in [9.17, 15) is 18.0 Å². The first-order valence-electron chi connectivity index (χ1n) is 9.90. The maximum Gasteiger partial charge on any atom is 0.341 e. The zero-order valence-corrected chi connectivity index (χ0v) is 18.6. The van der Waals surface area contributed by atoms with Gasteiger partial charge in [-0.2, -0.15) is 0 Å². The van der Waals surface area contributed by atoms with Gasteiger partial charge < -0.3 is 14.6 Å². The Morgan fingerprint density at radius 1 is 1.16 bits per heavy atom. The molecular formula is C22H22N2O5S2. The summed E-state index contributed by atoms with van der Waals surface area (Å²) in [6.45, 7) is 1.90. The van der Waals surface area contributed by atoms with Crippen molar-refractivity contribution in [3.05, 3.63) is 70.4 Å². The number of fused-ring (bicyclic) bond motifs is 1. The van der Waals surface area contributed by atoms with E-state index in [1.54, 1.807) is 6.92 Å². The lowest BCUT2D eigenvalue weighted by Gasteiger charge is -2.13. The van der Waals surface area contributed by atoms with E-state index in [1.807, 2.05) is 53.4 Å². The molecule has 4 rings (SSSR count). The number of nitrogens with zero attached hydrogens (tertiary/aromatic N) is 1. The summed E-state index contributed by atoms with van der Waals surface area (Å²) in [6, 6.07) is 11.5. The average Bonchev–Trinajstić information content (AvgIpc) is 3.35. The van der Waals surface area contributed by atoms with E-state index in [0.29, 0.717) is 15.4 Å². The molecule has 2 aromatic heterocycles. The molecule has 162 valence electrons. The van der Waals surface area contributed by atoms with E-state index < -0.39 is 15.8 Å². The number of benzene rings is 1. The van der Waals surface area contributed by atoms with Crippen molar-refractivity contribution < 1.29 is 22.7 Å². The highest BCUT2D eigenvalue weighted by Gasteiger charge is 2.32. The molecule has 31 heavy (non-hydrogen) atoms. The molecule has 1 aromatic carbocycles. The lowest BCUT2D eigenvalue weighted by molar-refractivity contribution is -0.115. The highest BCUT2D eigenvalue weighted by molar-refractivity contribution is 7.90. The predicted octanol–water partition coefficient (Wildman–Crippen LogP) is 3.37. The van der Waals surface area contributed by atoms with Gasteiger partial charge in [-0.05, 0) is 48.7 Å². The second kappa shape index (κ2) is 8.68. The van der Waals surface area contributed by atoms with Crippen LogP contribution < -0.4 is 5.32 Å². The number of carbonyl (C=O) groups excluding carboxylic acids is 2. The van der Waals surface area contributed by atoms with Gasteiger partial charge in [-0.25, -0.2) is 13.2 Å². The Labute approximate surface area is 184 Å². The van der Waals surface area contributed by atoms with Gasteiger partial charge in [0.15, 0.2) is 9.84 Å². The molecule has 0 saturated heterocycles. The largest absolute Gasteiger partial charge is 0.462 e. The van der Waals surface area contributed by atoms with E-state index in [-0.39, 0.29) is 42.4 Å². The number of sulfone groups is 1. The Hall–Kier alpha value is -2.91. The number of nitrogens with one attached hydrogen (secondary N) is 1. The Balaban J connectivity index is 1.53. The number of amides is 1. The summed E-state index contributed by atoms with van der Waals surface area (Å²) in [6.07, 6.45) is 4.27. The highest BCUT2D eigenvalue weighted by atomic mass is 32.2. The van der Waals surface area contributed by atoms with Crippen molar-refractivity contribution in [2.45, 2.75) is 25.5 Å². The summed E-state index contributed by atoms with van der Waals surface area (Å²) >= 11 is 1.14. The molecule has 1 aliphatic heterocycles. The summed E-state index contributed by atoms with van der Waals surface area (Å²) in [5.41, 5.74) is 2.78. The van der Waals surface area contributed by atoms with Crippen LogP contribution in [0.5, 0.6) is 0 Å². The molecule has 1 aliphatic rings. The summed E-state index contributed by atoms with van der Waals surface area (Å²) in [5.74, 6) is -0.938. The second-order valence-electron chi connectivity index (χ2n) is 7.25. The van der Waals surface area contributed by atoms with Crippen molar-refractivity contribution in [3.63, 3.8) is 0 Å². The number of esters is 1. The second-order valence-corrected chi connectivity index (χ2v) is 10.5. The van der Waals surface area contributed by atoms with Crippen LogP contribution in [0.15, 0.2) is 48.8 Å². The van der Waals surface area contributed by atoms with Gasteiger partial charge in [0.2, 0.25) is 5.91 Å². The van der Waals surface area contributed by atoms with Crippen LogP contribution in [-0.4, -0.2) is 37.2 Å². The molecular weight excluding hydrogens is 436 g/mol. The van der Waals surface area contributed by atoms with Crippen molar-refractivity contribution in [2.24, 2.45) is 0 Å². The fourth-order valence-electron chi connectivity index (χ4n) is 3.58. The van der Waals surface area contributed by atoms with Gasteiger partial charge in [0.1, 0.15) is 5.00 Å². The van der Waals surface area contributed by atoms with E-state index in [1.165, 1.54) is 0 Å². The molecule has 0 unspecified atom stereocenters. The first-order chi connectivity index (χ1) is 14.9. The van der Waals surface area contributed by atoms with Gasteiger partial charge in [-0.1, -0.05) is 12.1 Å². The van der Waals surface area contributed by atoms with Gasteiger partial charge in [0.25, 0.3) is 0 Å². The lowest BCUT2D eigenvalue weighted by atomic mass is 10.1. The van der Waals surface area contributed by atoms with Gasteiger partial charge in [0.05, 0.1) is 30.1 Å². The van der Waals surface area contributed by atoms with Crippen LogP contribution in [0.25, 0.3) is 5.69 Å². The first-order valence-corrected chi connectivity index (χ1v) is 12.5. The predicted molar refractivity (Wildman–Crippen MR) is 120 cm³/mol. The minimum absolute atomic E-state index is 0.00965. The molecule has 9 heteroatoms. The van der Waals surface area contributed by atoms with E-state index in [2.05, 4.69) is 5.32 Å². The monoisotopic (exact) mass is 458 g/mol. The normalized spacial score (nSPS) is 14.6. The third kappa shape index (κ3) is 4.72. The van der Waals surface area contributed by atoms with Gasteiger partial charge >= 0.3 is 5.97 Å². The van der Waals surface area contributed by atoms with E-state index in [0.717, 1.165) is 22.6 Å². The van der Waals surface area contributed by atoms with E-state index in [4.69, 9.17) is 4.74 Å². The van der Waals surface area contributed by atoms with Crippen molar-refractivity contribution in [1.82, 2.24) is 4.57 Å². The van der Waals surface area contributed by atoms with Gasteiger partial charge in [0, 0.05) is 23.0 Å². The number of aromatic nitrogens is 1. The maximum absolute atomic E-state index is 12.7. The molecule has 7 nitrogen and oxygen atoms in total. The van der Waals surface area contributed by atoms with Crippen LogP contribution in [0.4, 0.5) is 5.00 Å². The van der Waals surface area contributed by atoms with Crippen molar-refractivity contribution in [3.8, 4) is 5.69 Å². The minimum atomic E-state index is -3.19. The zero-order valence-electron chi connectivity index (χ0n) is 17.0. The molecule has 0 aliphatic carbocycles. The quantitative estimate of drug-likeness (QED) is 0.572. The Morgan fingerprint density at radius 2 is 1.87 bits per heavy atom. The molecule has 0 atom stereocenters. The summed E-state index contributed by atoms with van der Waals surface area (Å²) in [4.78, 5) is 25.8. The molecule has 3 aromatic rings. The number of ether oxygens (including phenoxy) is 1. The Bertz CT molecular complexity index is 1210. The van der Waals surface area contributed by atoms with Crippen molar-refractivity contribution >= 4 is 38.1 Å². The number of carbonyl (C=O) groups is 2. The number of anilines is 1. The third-order valence-electron chi connectivity index (χ3n) is 5.04. The Kier molecular flexibility index (Phi) is 5.97. The third-order valence-corrected chi connectivity index (χ3v) is 7.93. The van der Waals surface area contributed by atoms with Crippen molar-refractivity contribution in [2.75, 3.05) is 17.7 Å². The van der Waals surface area contributed by atoms with Gasteiger partial charge in [-0.15, -0.1) is 11.3 Å². The van der Waals surface area contributed by atoms with Crippen LogP contribution in [0, 0.1) is 0 Å². The highest BCUT2D eigenvalue weighted by Crippen LogP contribution is 2.38. The summed E-state index contributed by atoms with van der Waals surface area (Å²) < 4.78 is 31.1. The maximum atomic E-state index is 12.7. The first kappa shape index (κ1) is 21.3. The van der Waals surface area contributed by atoms with E-state index >= 15 is 0 Å². The fourth-order valence-corrected chi connectivity index (χ4v) is 6.63. The summed E-state index contributed by atoms with van der Waals surface area (Å²) in [5, 5.41) is 3.16. The van der Waals surface area contributed by atoms with Gasteiger partial charge in [-0.3, -0.25) is 4.79 Å². The molecule has 3 heterocycles. The van der Waals surface area contributed by atoms with Crippen LogP contribution in [0.1, 0.15) is 33.3 Å². The molecule has 1 N–H and O–H groups in total. The van der Waals surface area contributed by atoms with Crippen molar-refractivity contribution in [1.29, 1.82) is 0 Å². The molecule has 1 amide bonds. The number of hydrogen-bond donors (Lipinski definition) is 1. The van der Waals surface area contributed by atoms with Crippen LogP contribution >= 0.6 is 11.3 Å². The smallest absolute Gasteiger partial charge is 0.341 e.